The van der Waals surface area contributed by atoms with Crippen LogP contribution in [0.2, 0.25) is 0 Å². The second-order valence-corrected chi connectivity index (χ2v) is 4.70. The second-order valence-electron chi connectivity index (χ2n) is 4.70. The maximum atomic E-state index is 12.2. The van der Waals surface area contributed by atoms with Crippen molar-refractivity contribution < 1.29 is 14.7 Å². The zero-order chi connectivity index (χ0) is 14.2. The van der Waals surface area contributed by atoms with Crippen molar-refractivity contribution in [2.45, 2.75) is 12.0 Å². The van der Waals surface area contributed by atoms with E-state index in [4.69, 9.17) is 0 Å². The fraction of sp³-hybridized carbons (Fsp3) is 0.133. The van der Waals surface area contributed by atoms with Crippen LogP contribution in [0.15, 0.2) is 48.8 Å². The summed E-state index contributed by atoms with van der Waals surface area (Å²) in [4.78, 5) is 28.0. The van der Waals surface area contributed by atoms with Crippen molar-refractivity contribution in [2.24, 2.45) is 0 Å². The highest BCUT2D eigenvalue weighted by atomic mass is 16.3. The Kier molecular flexibility index (Phi) is 2.84. The van der Waals surface area contributed by atoms with Crippen LogP contribution < -0.4 is 5.32 Å². The van der Waals surface area contributed by atoms with Crippen molar-refractivity contribution in [1.29, 1.82) is 0 Å². The SMILES string of the molecule is O=C(C[C@@]1(O)C(=O)Nc2ccccc21)c1cccnc1. The number of para-hydroxylation sites is 1. The predicted octanol–water partition coefficient (Wildman–Crippen LogP) is 1.49. The second kappa shape index (κ2) is 4.54. The van der Waals surface area contributed by atoms with Crippen LogP contribution in [0, 0.1) is 0 Å². The van der Waals surface area contributed by atoms with Crippen LogP contribution in [0.1, 0.15) is 22.3 Å². The molecule has 0 spiro atoms. The Hall–Kier alpha value is -2.53. The third-order valence-corrected chi connectivity index (χ3v) is 3.40. The monoisotopic (exact) mass is 268 g/mol. The third kappa shape index (κ3) is 1.88. The molecule has 0 bridgehead atoms. The molecule has 2 heterocycles. The number of pyridine rings is 1. The van der Waals surface area contributed by atoms with E-state index in [1.165, 1.54) is 6.20 Å². The van der Waals surface area contributed by atoms with Crippen molar-refractivity contribution in [3.05, 3.63) is 59.9 Å². The minimum atomic E-state index is -1.82. The summed E-state index contributed by atoms with van der Waals surface area (Å²) in [6.07, 6.45) is 2.68. The van der Waals surface area contributed by atoms with Gasteiger partial charge in [-0.1, -0.05) is 18.2 Å². The molecular weight excluding hydrogens is 256 g/mol. The molecule has 5 heteroatoms. The molecule has 0 fully saturated rings. The molecule has 5 nitrogen and oxygen atoms in total. The lowest BCUT2D eigenvalue weighted by atomic mass is 9.88. The summed E-state index contributed by atoms with van der Waals surface area (Å²) in [6, 6.07) is 10.1. The third-order valence-electron chi connectivity index (χ3n) is 3.40. The van der Waals surface area contributed by atoms with Crippen LogP contribution in [-0.4, -0.2) is 21.8 Å². The Morgan fingerprint density at radius 3 is 2.80 bits per heavy atom. The molecule has 2 N–H and O–H groups in total. The number of carbonyl (C=O) groups is 2. The number of benzene rings is 1. The van der Waals surface area contributed by atoms with Crippen molar-refractivity contribution in [2.75, 3.05) is 5.32 Å². The Morgan fingerprint density at radius 2 is 2.05 bits per heavy atom. The first kappa shape index (κ1) is 12.5. The molecule has 1 aromatic carbocycles. The molecule has 0 saturated carbocycles. The first-order valence-corrected chi connectivity index (χ1v) is 6.18. The van der Waals surface area contributed by atoms with Crippen LogP contribution in [-0.2, 0) is 10.4 Å². The van der Waals surface area contributed by atoms with Gasteiger partial charge in [0.25, 0.3) is 5.91 Å². The van der Waals surface area contributed by atoms with Gasteiger partial charge in [0, 0.05) is 29.2 Å². The van der Waals surface area contributed by atoms with Gasteiger partial charge in [-0.3, -0.25) is 14.6 Å². The number of rotatable bonds is 3. The van der Waals surface area contributed by atoms with Crippen molar-refractivity contribution >= 4 is 17.4 Å². The minimum Gasteiger partial charge on any atom is -0.375 e. The summed E-state index contributed by atoms with van der Waals surface area (Å²) in [5, 5.41) is 13.2. The normalized spacial score (nSPS) is 20.4. The largest absolute Gasteiger partial charge is 0.375 e. The van der Waals surface area contributed by atoms with E-state index in [1.54, 1.807) is 42.6 Å². The van der Waals surface area contributed by atoms with Gasteiger partial charge in [0.2, 0.25) is 0 Å². The number of nitrogens with zero attached hydrogens (tertiary/aromatic N) is 1. The lowest BCUT2D eigenvalue weighted by Gasteiger charge is -2.19. The highest BCUT2D eigenvalue weighted by Crippen LogP contribution is 2.38. The van der Waals surface area contributed by atoms with Gasteiger partial charge < -0.3 is 10.4 Å². The molecule has 20 heavy (non-hydrogen) atoms. The highest BCUT2D eigenvalue weighted by Gasteiger charge is 2.46. The molecule has 2 aromatic rings. The summed E-state index contributed by atoms with van der Waals surface area (Å²) in [5.74, 6) is -0.900. The first-order valence-electron chi connectivity index (χ1n) is 6.18. The van der Waals surface area contributed by atoms with Crippen molar-refractivity contribution in [1.82, 2.24) is 4.98 Å². The lowest BCUT2D eigenvalue weighted by molar-refractivity contribution is -0.133. The molecule has 0 unspecified atom stereocenters. The summed E-state index contributed by atoms with van der Waals surface area (Å²) in [6.45, 7) is 0. The zero-order valence-corrected chi connectivity index (χ0v) is 10.5. The maximum absolute atomic E-state index is 12.2. The number of aliphatic hydroxyl groups is 1. The van der Waals surface area contributed by atoms with E-state index < -0.39 is 11.5 Å². The van der Waals surface area contributed by atoms with Crippen molar-refractivity contribution in [3.63, 3.8) is 0 Å². The molecule has 1 aliphatic rings. The van der Waals surface area contributed by atoms with E-state index in [0.717, 1.165) is 0 Å². The summed E-state index contributed by atoms with van der Waals surface area (Å²) >= 11 is 0. The van der Waals surface area contributed by atoms with Crippen LogP contribution in [0.5, 0.6) is 0 Å². The minimum absolute atomic E-state index is 0.304. The molecular formula is C15H12N2O3. The van der Waals surface area contributed by atoms with E-state index in [1.807, 2.05) is 0 Å². The molecule has 1 aromatic heterocycles. The van der Waals surface area contributed by atoms with Crippen LogP contribution in [0.4, 0.5) is 5.69 Å². The number of anilines is 1. The van der Waals surface area contributed by atoms with Gasteiger partial charge in [-0.25, -0.2) is 0 Å². The Balaban J connectivity index is 1.94. The molecule has 1 atom stereocenters. The summed E-state index contributed by atoms with van der Waals surface area (Å²) in [7, 11) is 0. The van der Waals surface area contributed by atoms with Gasteiger partial charge in [-0.15, -0.1) is 0 Å². The number of ketones is 1. The fourth-order valence-electron chi connectivity index (χ4n) is 2.34. The number of hydrogen-bond acceptors (Lipinski definition) is 4. The number of carbonyl (C=O) groups excluding carboxylic acids is 2. The maximum Gasteiger partial charge on any atom is 0.261 e. The number of aromatic nitrogens is 1. The Bertz CT molecular complexity index is 685. The smallest absolute Gasteiger partial charge is 0.261 e. The summed E-state index contributed by atoms with van der Waals surface area (Å²) < 4.78 is 0. The molecule has 0 saturated heterocycles. The van der Waals surface area contributed by atoms with E-state index >= 15 is 0 Å². The number of hydrogen-bond donors (Lipinski definition) is 2. The van der Waals surface area contributed by atoms with E-state index in [9.17, 15) is 14.7 Å². The topological polar surface area (TPSA) is 79.3 Å². The molecule has 1 amide bonds. The van der Waals surface area contributed by atoms with Crippen LogP contribution in [0.25, 0.3) is 0 Å². The van der Waals surface area contributed by atoms with Gasteiger partial charge >= 0.3 is 0 Å². The highest BCUT2D eigenvalue weighted by molar-refractivity contribution is 6.09. The number of Topliss-reactive ketones (excluding diaryl/α,β-unsaturated/α-hetero) is 1. The molecule has 0 radical (unpaired) electrons. The first-order chi connectivity index (χ1) is 9.61. The zero-order valence-electron chi connectivity index (χ0n) is 10.5. The van der Waals surface area contributed by atoms with Gasteiger partial charge in [0.05, 0.1) is 6.42 Å². The van der Waals surface area contributed by atoms with Crippen molar-refractivity contribution in [3.8, 4) is 0 Å². The average Bonchev–Trinajstić information content (AvgIpc) is 2.72. The number of amides is 1. The van der Waals surface area contributed by atoms with Gasteiger partial charge in [-0.2, -0.15) is 0 Å². The molecule has 100 valence electrons. The summed E-state index contributed by atoms with van der Waals surface area (Å²) in [5.41, 5.74) is -0.469. The van der Waals surface area contributed by atoms with E-state index in [0.29, 0.717) is 16.8 Å². The van der Waals surface area contributed by atoms with Crippen LogP contribution >= 0.6 is 0 Å². The lowest BCUT2D eigenvalue weighted by Crippen LogP contribution is -2.36. The van der Waals surface area contributed by atoms with E-state index in [2.05, 4.69) is 10.3 Å². The van der Waals surface area contributed by atoms with Gasteiger partial charge in [-0.05, 0) is 18.2 Å². The standard InChI is InChI=1S/C15H12N2O3/c18-13(10-4-3-7-16-9-10)8-15(20)11-5-1-2-6-12(11)17-14(15)19/h1-7,9,20H,8H2,(H,17,19)/t15-/m0/s1. The molecule has 1 aliphatic heterocycles. The van der Waals surface area contributed by atoms with Crippen LogP contribution in [0.3, 0.4) is 0 Å². The Morgan fingerprint density at radius 1 is 1.25 bits per heavy atom. The van der Waals surface area contributed by atoms with Gasteiger partial charge in [0.1, 0.15) is 0 Å². The fourth-order valence-corrected chi connectivity index (χ4v) is 2.34. The quantitative estimate of drug-likeness (QED) is 0.827. The molecule has 3 rings (SSSR count). The Labute approximate surface area is 115 Å². The van der Waals surface area contributed by atoms with E-state index in [-0.39, 0.29) is 12.2 Å². The number of fused-ring (bicyclic) bond motifs is 1. The number of nitrogens with one attached hydrogen (secondary N) is 1. The molecule has 0 aliphatic carbocycles. The van der Waals surface area contributed by atoms with Gasteiger partial charge in [0.15, 0.2) is 11.4 Å². The predicted molar refractivity (Wildman–Crippen MR) is 72.2 cm³/mol. The average molecular weight is 268 g/mol.